The van der Waals surface area contributed by atoms with E-state index in [1.54, 1.807) is 30.3 Å². The van der Waals surface area contributed by atoms with Crippen molar-refractivity contribution >= 4 is 33.7 Å². The van der Waals surface area contributed by atoms with Crippen molar-refractivity contribution in [2.24, 2.45) is 5.10 Å². The van der Waals surface area contributed by atoms with Gasteiger partial charge >= 0.3 is 0 Å². The number of hydrogen-bond donors (Lipinski definition) is 1. The zero-order valence-electron chi connectivity index (χ0n) is 15.1. The molecule has 1 N–H and O–H groups in total. The standard InChI is InChI=1S/C21H16BrN3O4/c22-17-9-10-20(29-14-15-5-2-1-3-6-15)19(12-17)21(26)24-23-13-16-7-4-8-18(11-16)25(27)28/h1-13H,14H2,(H,24,26). The molecule has 0 fully saturated rings. The maximum absolute atomic E-state index is 12.6. The van der Waals surface area contributed by atoms with Crippen molar-refractivity contribution in [2.75, 3.05) is 0 Å². The fraction of sp³-hybridized carbons (Fsp3) is 0.0476. The van der Waals surface area contributed by atoms with Gasteiger partial charge in [-0.3, -0.25) is 14.9 Å². The summed E-state index contributed by atoms with van der Waals surface area (Å²) in [4.78, 5) is 22.9. The molecule has 0 radical (unpaired) electrons. The van der Waals surface area contributed by atoms with Gasteiger partial charge in [0.2, 0.25) is 0 Å². The third-order valence-electron chi connectivity index (χ3n) is 3.88. The summed E-state index contributed by atoms with van der Waals surface area (Å²) in [7, 11) is 0. The summed E-state index contributed by atoms with van der Waals surface area (Å²) in [6.45, 7) is 0.319. The van der Waals surface area contributed by atoms with Crippen molar-refractivity contribution in [3.05, 3.63) is 104 Å². The van der Waals surface area contributed by atoms with Gasteiger partial charge in [0, 0.05) is 22.2 Å². The van der Waals surface area contributed by atoms with Crippen LogP contribution in [-0.4, -0.2) is 17.0 Å². The summed E-state index contributed by atoms with van der Waals surface area (Å²) in [5, 5.41) is 14.7. The summed E-state index contributed by atoms with van der Waals surface area (Å²) in [6.07, 6.45) is 1.34. The lowest BCUT2D eigenvalue weighted by Gasteiger charge is -2.11. The number of rotatable bonds is 7. The summed E-state index contributed by atoms with van der Waals surface area (Å²) in [5.74, 6) is -0.0452. The number of non-ortho nitro benzene ring substituents is 1. The highest BCUT2D eigenvalue weighted by molar-refractivity contribution is 9.10. The number of nitrogens with zero attached hydrogens (tertiary/aromatic N) is 2. The van der Waals surface area contributed by atoms with E-state index in [9.17, 15) is 14.9 Å². The predicted octanol–water partition coefficient (Wildman–Crippen LogP) is 4.70. The van der Waals surface area contributed by atoms with Crippen molar-refractivity contribution in [3.8, 4) is 5.75 Å². The highest BCUT2D eigenvalue weighted by atomic mass is 79.9. The number of nitro groups is 1. The molecule has 0 bridgehead atoms. The molecule has 29 heavy (non-hydrogen) atoms. The Bertz CT molecular complexity index is 1050. The molecule has 1 amide bonds. The highest BCUT2D eigenvalue weighted by Crippen LogP contribution is 2.24. The lowest BCUT2D eigenvalue weighted by Crippen LogP contribution is -2.18. The van der Waals surface area contributed by atoms with Gasteiger partial charge in [0.25, 0.3) is 11.6 Å². The molecule has 3 rings (SSSR count). The van der Waals surface area contributed by atoms with Crippen LogP contribution in [0.2, 0.25) is 0 Å². The van der Waals surface area contributed by atoms with E-state index in [1.807, 2.05) is 30.3 Å². The SMILES string of the molecule is O=C(NN=Cc1cccc([N+](=O)[O-])c1)c1cc(Br)ccc1OCc1ccccc1. The van der Waals surface area contributed by atoms with Gasteiger partial charge in [-0.15, -0.1) is 0 Å². The molecule has 0 atom stereocenters. The van der Waals surface area contributed by atoms with Gasteiger partial charge in [-0.25, -0.2) is 5.43 Å². The number of carbonyl (C=O) groups is 1. The summed E-state index contributed by atoms with van der Waals surface area (Å²) in [6, 6.07) is 20.7. The second-order valence-electron chi connectivity index (χ2n) is 5.97. The van der Waals surface area contributed by atoms with Crippen molar-refractivity contribution in [1.29, 1.82) is 0 Å². The fourth-order valence-electron chi connectivity index (χ4n) is 2.49. The van der Waals surface area contributed by atoms with Gasteiger partial charge in [-0.1, -0.05) is 58.4 Å². The van der Waals surface area contributed by atoms with E-state index < -0.39 is 10.8 Å². The maximum atomic E-state index is 12.6. The summed E-state index contributed by atoms with van der Waals surface area (Å²) < 4.78 is 6.52. The quantitative estimate of drug-likeness (QED) is 0.318. The maximum Gasteiger partial charge on any atom is 0.275 e. The first-order valence-corrected chi connectivity index (χ1v) is 9.36. The second-order valence-corrected chi connectivity index (χ2v) is 6.88. The number of amides is 1. The zero-order chi connectivity index (χ0) is 20.6. The Morgan fingerprint density at radius 3 is 2.66 bits per heavy atom. The average Bonchev–Trinajstić information content (AvgIpc) is 2.73. The first kappa shape index (κ1) is 20.2. The van der Waals surface area contributed by atoms with E-state index in [-0.39, 0.29) is 5.69 Å². The average molecular weight is 454 g/mol. The van der Waals surface area contributed by atoms with Crippen LogP contribution in [0.15, 0.2) is 82.4 Å². The molecule has 0 heterocycles. The molecule has 0 aliphatic carbocycles. The first-order chi connectivity index (χ1) is 14.0. The zero-order valence-corrected chi connectivity index (χ0v) is 16.7. The van der Waals surface area contributed by atoms with Crippen molar-refractivity contribution in [1.82, 2.24) is 5.43 Å². The molecular weight excluding hydrogens is 438 g/mol. The van der Waals surface area contributed by atoms with Gasteiger partial charge in [0.05, 0.1) is 16.7 Å². The Morgan fingerprint density at radius 1 is 1.10 bits per heavy atom. The van der Waals surface area contributed by atoms with E-state index in [1.165, 1.54) is 18.3 Å². The van der Waals surface area contributed by atoms with Crippen LogP contribution in [0.4, 0.5) is 5.69 Å². The van der Waals surface area contributed by atoms with E-state index >= 15 is 0 Å². The molecule has 0 saturated heterocycles. The number of carbonyl (C=O) groups excluding carboxylic acids is 1. The topological polar surface area (TPSA) is 93.8 Å². The molecule has 3 aromatic carbocycles. The monoisotopic (exact) mass is 453 g/mol. The molecule has 146 valence electrons. The van der Waals surface area contributed by atoms with Crippen LogP contribution in [0, 0.1) is 10.1 Å². The van der Waals surface area contributed by atoms with Crippen LogP contribution in [0.1, 0.15) is 21.5 Å². The number of hydrazone groups is 1. The van der Waals surface area contributed by atoms with Gasteiger partial charge in [0.1, 0.15) is 12.4 Å². The van der Waals surface area contributed by atoms with Crippen LogP contribution < -0.4 is 10.2 Å². The van der Waals surface area contributed by atoms with E-state index in [2.05, 4.69) is 26.5 Å². The first-order valence-electron chi connectivity index (χ1n) is 8.57. The minimum absolute atomic E-state index is 0.0520. The number of benzene rings is 3. The largest absolute Gasteiger partial charge is 0.488 e. The molecule has 0 aliphatic heterocycles. The Hall–Kier alpha value is -3.52. The molecule has 8 heteroatoms. The minimum atomic E-state index is -0.492. The Labute approximate surface area is 175 Å². The lowest BCUT2D eigenvalue weighted by molar-refractivity contribution is -0.384. The molecule has 0 aromatic heterocycles. The highest BCUT2D eigenvalue weighted by Gasteiger charge is 2.13. The van der Waals surface area contributed by atoms with E-state index in [0.717, 1.165) is 10.0 Å². The number of hydrogen-bond acceptors (Lipinski definition) is 5. The van der Waals surface area contributed by atoms with Crippen LogP contribution in [0.5, 0.6) is 5.75 Å². The Balaban J connectivity index is 1.70. The van der Waals surface area contributed by atoms with Gasteiger partial charge in [-0.05, 0) is 23.8 Å². The lowest BCUT2D eigenvalue weighted by atomic mass is 10.2. The van der Waals surface area contributed by atoms with Gasteiger partial charge in [0.15, 0.2) is 0 Å². The molecular formula is C21H16BrN3O4. The predicted molar refractivity (Wildman–Crippen MR) is 113 cm³/mol. The number of nitrogens with one attached hydrogen (secondary N) is 1. The smallest absolute Gasteiger partial charge is 0.275 e. The third kappa shape index (κ3) is 5.73. The second kappa shape index (κ2) is 9.61. The minimum Gasteiger partial charge on any atom is -0.488 e. The molecule has 0 spiro atoms. The van der Waals surface area contributed by atoms with Crippen molar-refractivity contribution < 1.29 is 14.5 Å². The molecule has 0 unspecified atom stereocenters. The number of ether oxygens (including phenoxy) is 1. The van der Waals surface area contributed by atoms with Crippen molar-refractivity contribution in [3.63, 3.8) is 0 Å². The van der Waals surface area contributed by atoms with E-state index in [0.29, 0.717) is 23.5 Å². The summed E-state index contributed by atoms with van der Waals surface area (Å²) in [5.41, 5.74) is 4.15. The Kier molecular flexibility index (Phi) is 6.70. The third-order valence-corrected chi connectivity index (χ3v) is 4.38. The van der Waals surface area contributed by atoms with Crippen molar-refractivity contribution in [2.45, 2.75) is 6.61 Å². The van der Waals surface area contributed by atoms with Crippen LogP contribution >= 0.6 is 15.9 Å². The normalized spacial score (nSPS) is 10.7. The molecule has 0 aliphatic rings. The van der Waals surface area contributed by atoms with Gasteiger partial charge < -0.3 is 4.74 Å². The summed E-state index contributed by atoms with van der Waals surface area (Å²) >= 11 is 3.35. The van der Waals surface area contributed by atoms with E-state index in [4.69, 9.17) is 4.74 Å². The van der Waals surface area contributed by atoms with Crippen LogP contribution in [0.25, 0.3) is 0 Å². The van der Waals surface area contributed by atoms with Gasteiger partial charge in [-0.2, -0.15) is 5.10 Å². The molecule has 7 nitrogen and oxygen atoms in total. The fourth-order valence-corrected chi connectivity index (χ4v) is 2.85. The Morgan fingerprint density at radius 2 is 1.90 bits per heavy atom. The number of halogens is 1. The molecule has 3 aromatic rings. The van der Waals surface area contributed by atoms with Crippen LogP contribution in [-0.2, 0) is 6.61 Å². The molecule has 0 saturated carbocycles. The van der Waals surface area contributed by atoms with Crippen LogP contribution in [0.3, 0.4) is 0 Å². The number of nitro benzene ring substituents is 1.